The zero-order chi connectivity index (χ0) is 16.0. The van der Waals surface area contributed by atoms with Gasteiger partial charge in [0.1, 0.15) is 6.04 Å². The normalized spacial score (nSPS) is 11.6. The molecule has 8 heteroatoms. The molecule has 0 radical (unpaired) electrons. The van der Waals surface area contributed by atoms with Crippen LogP contribution in [0.4, 0.5) is 0 Å². The van der Waals surface area contributed by atoms with Crippen LogP contribution in [0.1, 0.15) is 23.2 Å². The predicted molar refractivity (Wildman–Crippen MR) is 82.0 cm³/mol. The molecule has 114 valence electrons. The fourth-order valence-corrected chi connectivity index (χ4v) is 2.84. The number of rotatable bonds is 6. The van der Waals surface area contributed by atoms with E-state index in [4.69, 9.17) is 5.11 Å². The molecule has 0 aliphatic rings. The number of carboxylic acid groups (broad SMARTS) is 1. The van der Waals surface area contributed by atoms with Crippen LogP contribution in [0.25, 0.3) is 0 Å². The molecule has 0 saturated carbocycles. The maximum Gasteiger partial charge on any atom is 0.326 e. The van der Waals surface area contributed by atoms with Crippen LogP contribution in [0, 0.1) is 0 Å². The van der Waals surface area contributed by atoms with E-state index in [-0.39, 0.29) is 12.8 Å². The molecule has 1 aromatic carbocycles. The van der Waals surface area contributed by atoms with Gasteiger partial charge in [-0.05, 0) is 24.6 Å². The minimum atomic E-state index is -1.21. The minimum absolute atomic E-state index is 0.0388. The highest BCUT2D eigenvalue weighted by atomic mass is 79.9. The van der Waals surface area contributed by atoms with Gasteiger partial charge in [0, 0.05) is 20.9 Å². The van der Waals surface area contributed by atoms with Gasteiger partial charge in [-0.3, -0.25) is 9.59 Å². The molecule has 1 amide bonds. The number of hydrogen-bond acceptors (Lipinski definition) is 4. The van der Waals surface area contributed by atoms with Crippen LogP contribution in [-0.2, 0) is 14.3 Å². The molecule has 0 spiro atoms. The molecule has 0 unspecified atom stereocenters. The van der Waals surface area contributed by atoms with Crippen LogP contribution in [-0.4, -0.2) is 36.1 Å². The van der Waals surface area contributed by atoms with Crippen molar-refractivity contribution in [1.29, 1.82) is 0 Å². The number of amides is 1. The Morgan fingerprint density at radius 1 is 1.24 bits per heavy atom. The van der Waals surface area contributed by atoms with Crippen molar-refractivity contribution in [1.82, 2.24) is 5.32 Å². The van der Waals surface area contributed by atoms with Gasteiger partial charge in [0.15, 0.2) is 0 Å². The van der Waals surface area contributed by atoms with E-state index in [1.54, 1.807) is 18.2 Å². The number of aliphatic carboxylic acids is 1. The summed E-state index contributed by atoms with van der Waals surface area (Å²) < 4.78 is 5.81. The van der Waals surface area contributed by atoms with E-state index in [0.717, 1.165) is 0 Å². The zero-order valence-electron chi connectivity index (χ0n) is 11.1. The van der Waals surface area contributed by atoms with Crippen molar-refractivity contribution in [3.8, 4) is 0 Å². The molecule has 0 aliphatic heterocycles. The fraction of sp³-hybridized carbons (Fsp3) is 0.308. The molecule has 0 heterocycles. The van der Waals surface area contributed by atoms with Gasteiger partial charge in [-0.2, -0.15) is 0 Å². The molecule has 2 N–H and O–H groups in total. The van der Waals surface area contributed by atoms with E-state index in [1.165, 1.54) is 7.11 Å². The van der Waals surface area contributed by atoms with Crippen molar-refractivity contribution in [2.75, 3.05) is 7.11 Å². The van der Waals surface area contributed by atoms with E-state index in [2.05, 4.69) is 41.9 Å². The smallest absolute Gasteiger partial charge is 0.326 e. The first-order chi connectivity index (χ1) is 9.83. The van der Waals surface area contributed by atoms with Gasteiger partial charge in [-0.1, -0.05) is 31.9 Å². The summed E-state index contributed by atoms with van der Waals surface area (Å²) in [6.07, 6.45) is -0.126. The largest absolute Gasteiger partial charge is 0.480 e. The number of benzene rings is 1. The third-order valence-electron chi connectivity index (χ3n) is 2.59. The Bertz CT molecular complexity index is 541. The summed E-state index contributed by atoms with van der Waals surface area (Å²) in [6.45, 7) is 0. The molecule has 1 aromatic rings. The number of esters is 1. The Balaban J connectivity index is 2.76. The zero-order valence-corrected chi connectivity index (χ0v) is 14.2. The van der Waals surface area contributed by atoms with Crippen LogP contribution >= 0.6 is 31.9 Å². The van der Waals surface area contributed by atoms with Gasteiger partial charge < -0.3 is 15.2 Å². The first kappa shape index (κ1) is 17.6. The lowest BCUT2D eigenvalue weighted by Gasteiger charge is -2.14. The summed E-state index contributed by atoms with van der Waals surface area (Å²) in [5, 5.41) is 11.5. The Hall–Kier alpha value is -1.41. The summed E-state index contributed by atoms with van der Waals surface area (Å²) in [5.74, 6) is -2.27. The predicted octanol–water partition coefficient (Wildman–Crippen LogP) is 2.35. The first-order valence-corrected chi connectivity index (χ1v) is 7.48. The second kappa shape index (κ2) is 8.14. The average Bonchev–Trinajstić information content (AvgIpc) is 2.41. The fourth-order valence-electron chi connectivity index (χ4n) is 1.55. The van der Waals surface area contributed by atoms with Crippen molar-refractivity contribution in [2.45, 2.75) is 18.9 Å². The lowest BCUT2D eigenvalue weighted by Crippen LogP contribution is -2.41. The average molecular weight is 423 g/mol. The second-order valence-electron chi connectivity index (χ2n) is 4.14. The summed E-state index contributed by atoms with van der Waals surface area (Å²) in [7, 11) is 1.22. The van der Waals surface area contributed by atoms with E-state index >= 15 is 0 Å². The summed E-state index contributed by atoms with van der Waals surface area (Å²) in [4.78, 5) is 34.2. The molecule has 6 nitrogen and oxygen atoms in total. The Labute approximate surface area is 138 Å². The number of methoxy groups -OCH3 is 1. The third-order valence-corrected chi connectivity index (χ3v) is 3.51. The van der Waals surface area contributed by atoms with Gasteiger partial charge in [0.25, 0.3) is 5.91 Å². The molecular weight excluding hydrogens is 410 g/mol. The molecular formula is C13H13Br2NO5. The quantitative estimate of drug-likeness (QED) is 0.686. The molecule has 0 aliphatic carbocycles. The number of carboxylic acids is 1. The van der Waals surface area contributed by atoms with Crippen molar-refractivity contribution >= 4 is 49.7 Å². The summed E-state index contributed by atoms with van der Waals surface area (Å²) in [5.41, 5.74) is 0.306. The van der Waals surface area contributed by atoms with E-state index in [0.29, 0.717) is 14.5 Å². The third kappa shape index (κ3) is 5.84. The minimum Gasteiger partial charge on any atom is -0.480 e. The first-order valence-electron chi connectivity index (χ1n) is 5.90. The van der Waals surface area contributed by atoms with Gasteiger partial charge >= 0.3 is 11.9 Å². The van der Waals surface area contributed by atoms with Crippen molar-refractivity contribution in [3.63, 3.8) is 0 Å². The van der Waals surface area contributed by atoms with E-state index in [1.807, 2.05) is 0 Å². The SMILES string of the molecule is COC(=O)CC[C@H](NC(=O)c1cc(Br)cc(Br)c1)C(=O)O. The monoisotopic (exact) mass is 421 g/mol. The highest BCUT2D eigenvalue weighted by Gasteiger charge is 2.22. The Morgan fingerprint density at radius 2 is 1.81 bits per heavy atom. The maximum absolute atomic E-state index is 12.0. The lowest BCUT2D eigenvalue weighted by atomic mass is 10.1. The molecule has 21 heavy (non-hydrogen) atoms. The van der Waals surface area contributed by atoms with Crippen LogP contribution in [0.5, 0.6) is 0 Å². The molecule has 0 saturated heterocycles. The number of carbonyl (C=O) groups excluding carboxylic acids is 2. The van der Waals surface area contributed by atoms with Crippen LogP contribution < -0.4 is 5.32 Å². The topological polar surface area (TPSA) is 92.7 Å². The number of nitrogens with one attached hydrogen (secondary N) is 1. The van der Waals surface area contributed by atoms with E-state index in [9.17, 15) is 14.4 Å². The van der Waals surface area contributed by atoms with Gasteiger partial charge in [0.05, 0.1) is 7.11 Å². The summed E-state index contributed by atoms with van der Waals surface area (Å²) >= 11 is 6.50. The van der Waals surface area contributed by atoms with Gasteiger partial charge in [-0.25, -0.2) is 4.79 Å². The molecule has 1 rings (SSSR count). The number of hydrogen-bond donors (Lipinski definition) is 2. The van der Waals surface area contributed by atoms with Crippen molar-refractivity contribution in [2.24, 2.45) is 0 Å². The molecule has 0 aromatic heterocycles. The van der Waals surface area contributed by atoms with E-state index < -0.39 is 23.9 Å². The number of carbonyl (C=O) groups is 3. The number of halogens is 2. The highest BCUT2D eigenvalue weighted by Crippen LogP contribution is 2.20. The van der Waals surface area contributed by atoms with Gasteiger partial charge in [-0.15, -0.1) is 0 Å². The van der Waals surface area contributed by atoms with Gasteiger partial charge in [0.2, 0.25) is 0 Å². The lowest BCUT2D eigenvalue weighted by molar-refractivity contribution is -0.142. The summed E-state index contributed by atoms with van der Waals surface area (Å²) in [6, 6.07) is 3.73. The highest BCUT2D eigenvalue weighted by molar-refractivity contribution is 9.11. The van der Waals surface area contributed by atoms with Crippen LogP contribution in [0.15, 0.2) is 27.1 Å². The molecule has 1 atom stereocenters. The molecule has 0 fully saturated rings. The van der Waals surface area contributed by atoms with Crippen molar-refractivity contribution < 1.29 is 24.2 Å². The maximum atomic E-state index is 12.0. The van der Waals surface area contributed by atoms with Crippen LogP contribution in [0.3, 0.4) is 0 Å². The number of ether oxygens (including phenoxy) is 1. The Kier molecular flexibility index (Phi) is 6.83. The van der Waals surface area contributed by atoms with Crippen LogP contribution in [0.2, 0.25) is 0 Å². The van der Waals surface area contributed by atoms with Crippen molar-refractivity contribution in [3.05, 3.63) is 32.7 Å². The Morgan fingerprint density at radius 3 is 2.29 bits per heavy atom. The standard InChI is InChI=1S/C13H13Br2NO5/c1-21-11(17)3-2-10(13(19)20)16-12(18)7-4-8(14)6-9(15)5-7/h4-6,10H,2-3H2,1H3,(H,16,18)(H,19,20)/t10-/m0/s1. The molecule has 0 bridgehead atoms. The second-order valence-corrected chi connectivity index (χ2v) is 5.97.